The Balaban J connectivity index is 1.30. The predicted molar refractivity (Wildman–Crippen MR) is 111 cm³/mol. The molecule has 3 fully saturated rings. The summed E-state index contributed by atoms with van der Waals surface area (Å²) in [7, 11) is 0. The van der Waals surface area contributed by atoms with Gasteiger partial charge in [-0.15, -0.1) is 0 Å². The Kier molecular flexibility index (Phi) is 4.35. The van der Waals surface area contributed by atoms with Gasteiger partial charge in [0.2, 0.25) is 0 Å². The van der Waals surface area contributed by atoms with E-state index in [-0.39, 0.29) is 17.6 Å². The fraction of sp³-hybridized carbons (Fsp3) is 0.522. The highest BCUT2D eigenvalue weighted by molar-refractivity contribution is 5.94. The Labute approximate surface area is 171 Å². The van der Waals surface area contributed by atoms with Crippen LogP contribution in [0.4, 0.5) is 5.82 Å². The van der Waals surface area contributed by atoms with Gasteiger partial charge in [-0.25, -0.2) is 4.98 Å². The molecule has 1 spiro atoms. The lowest BCUT2D eigenvalue weighted by atomic mass is 9.73. The van der Waals surface area contributed by atoms with Crippen molar-refractivity contribution in [3.8, 4) is 0 Å². The van der Waals surface area contributed by atoms with Crippen LogP contribution >= 0.6 is 0 Å². The number of aryl methyl sites for hydroxylation is 3. The van der Waals surface area contributed by atoms with Crippen molar-refractivity contribution in [2.75, 3.05) is 24.5 Å². The summed E-state index contributed by atoms with van der Waals surface area (Å²) >= 11 is 0. The molecule has 6 heteroatoms. The van der Waals surface area contributed by atoms with Crippen molar-refractivity contribution in [2.24, 2.45) is 11.8 Å². The molecule has 0 aromatic carbocycles. The number of fused-ring (bicyclic) bond motifs is 1. The quantitative estimate of drug-likeness (QED) is 0.867. The van der Waals surface area contributed by atoms with E-state index in [1.165, 1.54) is 5.56 Å². The largest absolute Gasteiger partial charge is 0.369 e. The molecule has 29 heavy (non-hydrogen) atoms. The SMILES string of the molecule is Cc1cc(C(=O)NC[C@H]2[C@H]3CN(c4ncccc4C)C[C@]34CC[C@H]2O4)cnc1C. The zero-order chi connectivity index (χ0) is 20.2. The van der Waals surface area contributed by atoms with Gasteiger partial charge in [0.1, 0.15) is 5.82 Å². The van der Waals surface area contributed by atoms with Gasteiger partial charge >= 0.3 is 0 Å². The van der Waals surface area contributed by atoms with Gasteiger partial charge in [-0.3, -0.25) is 9.78 Å². The van der Waals surface area contributed by atoms with Crippen molar-refractivity contribution in [2.45, 2.75) is 45.3 Å². The number of ether oxygens (including phenoxy) is 1. The highest BCUT2D eigenvalue weighted by Crippen LogP contribution is 2.55. The summed E-state index contributed by atoms with van der Waals surface area (Å²) in [6.45, 7) is 8.55. The lowest BCUT2D eigenvalue weighted by molar-refractivity contribution is 0.0141. The van der Waals surface area contributed by atoms with Gasteiger partial charge in [-0.2, -0.15) is 0 Å². The maximum absolute atomic E-state index is 12.7. The van der Waals surface area contributed by atoms with Gasteiger partial charge in [0, 0.05) is 49.6 Å². The third-order valence-electron chi connectivity index (χ3n) is 7.17. The van der Waals surface area contributed by atoms with Gasteiger partial charge < -0.3 is 15.0 Å². The second kappa shape index (κ2) is 6.80. The molecule has 1 N–H and O–H groups in total. The van der Waals surface area contributed by atoms with Crippen molar-refractivity contribution in [3.05, 3.63) is 53.0 Å². The van der Waals surface area contributed by atoms with Crippen LogP contribution in [0.25, 0.3) is 0 Å². The summed E-state index contributed by atoms with van der Waals surface area (Å²) < 4.78 is 6.53. The highest BCUT2D eigenvalue weighted by atomic mass is 16.5. The van der Waals surface area contributed by atoms with Gasteiger partial charge in [-0.1, -0.05) is 6.07 Å². The van der Waals surface area contributed by atoms with E-state index >= 15 is 0 Å². The Bertz CT molecular complexity index is 962. The molecule has 3 aliphatic heterocycles. The summed E-state index contributed by atoms with van der Waals surface area (Å²) in [4.78, 5) is 24.0. The summed E-state index contributed by atoms with van der Waals surface area (Å²) in [6, 6.07) is 6.01. The first-order valence-corrected chi connectivity index (χ1v) is 10.5. The zero-order valence-electron chi connectivity index (χ0n) is 17.3. The first-order valence-electron chi connectivity index (χ1n) is 10.5. The lowest BCUT2D eigenvalue weighted by Gasteiger charge is -2.29. The molecule has 3 aliphatic rings. The number of hydrogen-bond acceptors (Lipinski definition) is 5. The molecule has 0 unspecified atom stereocenters. The average molecular weight is 393 g/mol. The number of anilines is 1. The van der Waals surface area contributed by atoms with E-state index in [9.17, 15) is 4.79 Å². The molecule has 0 radical (unpaired) electrons. The Morgan fingerprint density at radius 2 is 2.17 bits per heavy atom. The van der Waals surface area contributed by atoms with Crippen molar-refractivity contribution in [1.82, 2.24) is 15.3 Å². The van der Waals surface area contributed by atoms with E-state index in [1.54, 1.807) is 6.20 Å². The Hall–Kier alpha value is -2.47. The molecule has 4 atom stereocenters. The maximum atomic E-state index is 12.7. The number of aromatic nitrogens is 2. The van der Waals surface area contributed by atoms with Gasteiger partial charge in [-0.05, 0) is 56.9 Å². The van der Waals surface area contributed by atoms with E-state index in [0.717, 1.165) is 43.0 Å². The number of rotatable bonds is 4. The summed E-state index contributed by atoms with van der Waals surface area (Å²) in [5, 5.41) is 3.15. The smallest absolute Gasteiger partial charge is 0.252 e. The molecule has 6 nitrogen and oxygen atoms in total. The molecule has 5 rings (SSSR count). The predicted octanol–water partition coefficient (Wildman–Crippen LogP) is 2.82. The number of pyridine rings is 2. The van der Waals surface area contributed by atoms with E-state index in [4.69, 9.17) is 4.74 Å². The van der Waals surface area contributed by atoms with E-state index in [2.05, 4.69) is 33.2 Å². The van der Waals surface area contributed by atoms with Gasteiger partial charge in [0.05, 0.1) is 17.3 Å². The van der Waals surface area contributed by atoms with Crippen molar-refractivity contribution in [3.63, 3.8) is 0 Å². The molecule has 3 saturated heterocycles. The second-order valence-corrected chi connectivity index (χ2v) is 8.89. The first kappa shape index (κ1) is 18.6. The molecule has 152 valence electrons. The molecule has 2 aromatic heterocycles. The van der Waals surface area contributed by atoms with Crippen LogP contribution in [0.3, 0.4) is 0 Å². The van der Waals surface area contributed by atoms with Crippen LogP contribution in [-0.2, 0) is 4.74 Å². The fourth-order valence-electron chi connectivity index (χ4n) is 5.51. The summed E-state index contributed by atoms with van der Waals surface area (Å²) in [6.07, 6.45) is 5.97. The number of nitrogens with one attached hydrogen (secondary N) is 1. The maximum Gasteiger partial charge on any atom is 0.252 e. The van der Waals surface area contributed by atoms with E-state index < -0.39 is 0 Å². The number of carbonyl (C=O) groups is 1. The minimum atomic E-state index is -0.0774. The Morgan fingerprint density at radius 1 is 1.31 bits per heavy atom. The fourth-order valence-corrected chi connectivity index (χ4v) is 5.51. The van der Waals surface area contributed by atoms with Crippen LogP contribution < -0.4 is 10.2 Å². The van der Waals surface area contributed by atoms with Gasteiger partial charge in [0.15, 0.2) is 0 Å². The average Bonchev–Trinajstić information content (AvgIpc) is 3.37. The molecule has 0 saturated carbocycles. The van der Waals surface area contributed by atoms with E-state index in [0.29, 0.717) is 23.9 Å². The van der Waals surface area contributed by atoms with Crippen LogP contribution in [0, 0.1) is 32.6 Å². The number of amides is 1. The van der Waals surface area contributed by atoms with Crippen molar-refractivity contribution in [1.29, 1.82) is 0 Å². The first-order chi connectivity index (χ1) is 14.0. The summed E-state index contributed by atoms with van der Waals surface area (Å²) in [5.41, 5.74) is 3.75. The van der Waals surface area contributed by atoms with E-state index in [1.807, 2.05) is 32.2 Å². The van der Waals surface area contributed by atoms with Crippen LogP contribution in [0.2, 0.25) is 0 Å². The van der Waals surface area contributed by atoms with Crippen LogP contribution in [0.15, 0.2) is 30.6 Å². The second-order valence-electron chi connectivity index (χ2n) is 8.89. The number of nitrogens with zero attached hydrogens (tertiary/aromatic N) is 3. The third kappa shape index (κ3) is 3.01. The van der Waals surface area contributed by atoms with Crippen LogP contribution in [0.5, 0.6) is 0 Å². The van der Waals surface area contributed by atoms with Crippen molar-refractivity contribution >= 4 is 11.7 Å². The molecule has 5 heterocycles. The standard InChI is InChI=1S/C23H28N4O2/c1-14-5-4-8-24-21(14)27-12-19-18(20-6-7-23(19,13-27)29-20)11-26-22(28)17-9-15(2)16(3)25-10-17/h4-5,8-10,18-20H,6-7,11-13H2,1-3H3,(H,26,28)/t18-,19+,20+,23+/m0/s1. The minimum absolute atomic E-state index is 0.0483. The monoisotopic (exact) mass is 392 g/mol. The number of carbonyl (C=O) groups excluding carboxylic acids is 1. The van der Waals surface area contributed by atoms with Gasteiger partial charge in [0.25, 0.3) is 5.91 Å². The van der Waals surface area contributed by atoms with Crippen LogP contribution in [0.1, 0.15) is 40.0 Å². The molecular weight excluding hydrogens is 364 g/mol. The topological polar surface area (TPSA) is 67.4 Å². The highest BCUT2D eigenvalue weighted by Gasteiger charge is 2.63. The molecular formula is C23H28N4O2. The lowest BCUT2D eigenvalue weighted by Crippen LogP contribution is -2.41. The van der Waals surface area contributed by atoms with Crippen molar-refractivity contribution < 1.29 is 9.53 Å². The molecule has 2 bridgehead atoms. The van der Waals surface area contributed by atoms with Crippen LogP contribution in [-0.4, -0.2) is 47.2 Å². The zero-order valence-corrected chi connectivity index (χ0v) is 17.3. The molecule has 2 aromatic rings. The summed E-state index contributed by atoms with van der Waals surface area (Å²) in [5.74, 6) is 1.79. The molecule has 1 amide bonds. The third-order valence-corrected chi connectivity index (χ3v) is 7.17. The Morgan fingerprint density at radius 3 is 2.97 bits per heavy atom. The minimum Gasteiger partial charge on any atom is -0.369 e. The number of hydrogen-bond donors (Lipinski definition) is 1. The molecule has 0 aliphatic carbocycles. The normalized spacial score (nSPS) is 29.9.